The summed E-state index contributed by atoms with van der Waals surface area (Å²) in [5.41, 5.74) is 0.881. The Morgan fingerprint density at radius 2 is 1.89 bits per heavy atom. The van der Waals surface area contributed by atoms with Crippen LogP contribution in [0.25, 0.3) is 16.3 Å². The fourth-order valence-corrected chi connectivity index (χ4v) is 2.07. The molecule has 0 atom stereocenters. The van der Waals surface area contributed by atoms with Crippen LogP contribution in [0.1, 0.15) is 6.92 Å². The Kier molecular flexibility index (Phi) is 2.45. The first kappa shape index (κ1) is 10.7. The molecule has 0 radical (unpaired) electrons. The highest BCUT2D eigenvalue weighted by molar-refractivity contribution is 5.85. The van der Waals surface area contributed by atoms with E-state index < -0.39 is 0 Å². The number of carbonyl (C=O) groups is 1. The smallest absolute Gasteiger partial charge is 0.308 e. The van der Waals surface area contributed by atoms with Gasteiger partial charge in [0.15, 0.2) is 12.4 Å². The van der Waals surface area contributed by atoms with Gasteiger partial charge < -0.3 is 4.74 Å². The lowest BCUT2D eigenvalue weighted by atomic mass is 10.1. The molecule has 0 N–H and O–H groups in total. The van der Waals surface area contributed by atoms with Gasteiger partial charge in [0.2, 0.25) is 5.75 Å². The van der Waals surface area contributed by atoms with E-state index in [0.29, 0.717) is 5.75 Å². The van der Waals surface area contributed by atoms with Crippen molar-refractivity contribution in [2.75, 3.05) is 0 Å². The number of nitrogens with zero attached hydrogens (tertiary/aromatic N) is 1. The fraction of sp³-hybridized carbons (Fsp3) is 0.0667. The van der Waals surface area contributed by atoms with Crippen LogP contribution in [0.2, 0.25) is 0 Å². The van der Waals surface area contributed by atoms with Crippen molar-refractivity contribution in [1.29, 1.82) is 0 Å². The summed E-state index contributed by atoms with van der Waals surface area (Å²) in [5, 5.41) is 2.27. The molecule has 0 saturated heterocycles. The quantitative estimate of drug-likeness (QED) is 0.370. The Morgan fingerprint density at radius 1 is 1.11 bits per heavy atom. The molecule has 18 heavy (non-hydrogen) atoms. The normalized spacial score (nSPS) is 10.7. The van der Waals surface area contributed by atoms with Gasteiger partial charge in [-0.3, -0.25) is 4.79 Å². The van der Waals surface area contributed by atoms with Gasteiger partial charge in [-0.25, -0.2) is 0 Å². The summed E-state index contributed by atoms with van der Waals surface area (Å²) >= 11 is 0. The highest BCUT2D eigenvalue weighted by Gasteiger charge is 2.12. The molecule has 0 aliphatic rings. The van der Waals surface area contributed by atoms with Crippen molar-refractivity contribution in [2.24, 2.45) is 0 Å². The SMILES string of the molecule is CC(=O)Oc1ccc[n+]2cc3ccccc3cc12. The number of aromatic nitrogens is 1. The Hall–Kier alpha value is -2.42. The minimum Gasteiger partial charge on any atom is -0.420 e. The van der Waals surface area contributed by atoms with Gasteiger partial charge in [-0.05, 0) is 17.5 Å². The van der Waals surface area contributed by atoms with Gasteiger partial charge in [-0.1, -0.05) is 18.2 Å². The number of pyridine rings is 2. The van der Waals surface area contributed by atoms with E-state index in [9.17, 15) is 4.79 Å². The van der Waals surface area contributed by atoms with E-state index in [-0.39, 0.29) is 5.97 Å². The average molecular weight is 238 g/mol. The van der Waals surface area contributed by atoms with Gasteiger partial charge in [0.1, 0.15) is 0 Å². The van der Waals surface area contributed by atoms with Crippen molar-refractivity contribution >= 4 is 22.3 Å². The lowest BCUT2D eigenvalue weighted by Crippen LogP contribution is -2.21. The maximum atomic E-state index is 11.1. The summed E-state index contributed by atoms with van der Waals surface area (Å²) in [7, 11) is 0. The molecule has 3 nitrogen and oxygen atoms in total. The average Bonchev–Trinajstić information content (AvgIpc) is 2.36. The summed E-state index contributed by atoms with van der Waals surface area (Å²) < 4.78 is 7.18. The lowest BCUT2D eigenvalue weighted by molar-refractivity contribution is -0.510. The largest absolute Gasteiger partial charge is 0.420 e. The Bertz CT molecular complexity index is 750. The highest BCUT2D eigenvalue weighted by Crippen LogP contribution is 2.20. The molecule has 0 spiro atoms. The fourth-order valence-electron chi connectivity index (χ4n) is 2.07. The third kappa shape index (κ3) is 1.80. The summed E-state index contributed by atoms with van der Waals surface area (Å²) in [6.07, 6.45) is 3.96. The van der Waals surface area contributed by atoms with Crippen molar-refractivity contribution in [3.05, 3.63) is 54.9 Å². The second-order valence-corrected chi connectivity index (χ2v) is 4.16. The molecule has 0 amide bonds. The zero-order valence-corrected chi connectivity index (χ0v) is 9.96. The predicted octanol–water partition coefficient (Wildman–Crippen LogP) is 2.50. The summed E-state index contributed by atoms with van der Waals surface area (Å²) in [5.74, 6) is 0.270. The molecule has 1 aromatic carbocycles. The van der Waals surface area contributed by atoms with E-state index in [1.807, 2.05) is 47.1 Å². The number of ether oxygens (including phenoxy) is 1. The zero-order chi connectivity index (χ0) is 12.5. The first-order chi connectivity index (χ1) is 8.74. The molecule has 3 heteroatoms. The molecule has 2 aromatic heterocycles. The van der Waals surface area contributed by atoms with Crippen LogP contribution in [0.5, 0.6) is 5.75 Å². The van der Waals surface area contributed by atoms with Crippen molar-refractivity contribution in [1.82, 2.24) is 0 Å². The molecule has 3 rings (SSSR count). The van der Waals surface area contributed by atoms with Crippen LogP contribution in [-0.4, -0.2) is 5.97 Å². The second-order valence-electron chi connectivity index (χ2n) is 4.16. The lowest BCUT2D eigenvalue weighted by Gasteiger charge is -2.02. The third-order valence-corrected chi connectivity index (χ3v) is 2.84. The van der Waals surface area contributed by atoms with Crippen LogP contribution in [0, 0.1) is 0 Å². The molecule has 0 unspecified atom stereocenters. The molecule has 88 valence electrons. The number of hydrogen-bond acceptors (Lipinski definition) is 2. The molecule has 2 heterocycles. The molecule has 0 fully saturated rings. The van der Waals surface area contributed by atoms with Crippen LogP contribution in [0.15, 0.2) is 54.9 Å². The molecule has 0 aliphatic heterocycles. The maximum absolute atomic E-state index is 11.1. The van der Waals surface area contributed by atoms with E-state index in [4.69, 9.17) is 4.74 Å². The summed E-state index contributed by atoms with van der Waals surface area (Å²) in [4.78, 5) is 11.1. The number of esters is 1. The van der Waals surface area contributed by atoms with Crippen LogP contribution < -0.4 is 9.14 Å². The molecular weight excluding hydrogens is 226 g/mol. The standard InChI is InChI=1S/C15H12NO2/c1-11(17)18-15-7-4-8-16-10-13-6-3-2-5-12(13)9-14(15)16/h2-10H,1H3/q+1. The van der Waals surface area contributed by atoms with Crippen LogP contribution in [0.3, 0.4) is 0 Å². The van der Waals surface area contributed by atoms with Gasteiger partial charge in [-0.2, -0.15) is 4.40 Å². The second kappa shape index (κ2) is 4.11. The van der Waals surface area contributed by atoms with Gasteiger partial charge in [0.05, 0.1) is 0 Å². The van der Waals surface area contributed by atoms with Crippen LogP contribution >= 0.6 is 0 Å². The molecule has 3 aromatic rings. The predicted molar refractivity (Wildman–Crippen MR) is 68.4 cm³/mol. The van der Waals surface area contributed by atoms with Gasteiger partial charge in [-0.15, -0.1) is 0 Å². The van der Waals surface area contributed by atoms with Crippen molar-refractivity contribution in [3.63, 3.8) is 0 Å². The number of carbonyl (C=O) groups excluding carboxylic acids is 1. The number of hydrogen-bond donors (Lipinski definition) is 0. The maximum Gasteiger partial charge on any atom is 0.308 e. The van der Waals surface area contributed by atoms with E-state index in [2.05, 4.69) is 6.07 Å². The Balaban J connectivity index is 2.32. The molecule has 0 bridgehead atoms. The van der Waals surface area contributed by atoms with Gasteiger partial charge in [0, 0.05) is 24.4 Å². The van der Waals surface area contributed by atoms with Crippen LogP contribution in [0.4, 0.5) is 0 Å². The van der Waals surface area contributed by atoms with Gasteiger partial charge in [0.25, 0.3) is 5.52 Å². The molecule has 0 saturated carbocycles. The number of fused-ring (bicyclic) bond motifs is 2. The van der Waals surface area contributed by atoms with Crippen molar-refractivity contribution in [2.45, 2.75) is 6.92 Å². The molecular formula is C15H12NO2+. The van der Waals surface area contributed by atoms with Crippen molar-refractivity contribution < 1.29 is 13.9 Å². The summed E-state index contributed by atoms with van der Waals surface area (Å²) in [6.45, 7) is 1.41. The number of rotatable bonds is 1. The van der Waals surface area contributed by atoms with E-state index in [0.717, 1.165) is 16.3 Å². The van der Waals surface area contributed by atoms with Crippen LogP contribution in [-0.2, 0) is 4.79 Å². The zero-order valence-electron chi connectivity index (χ0n) is 9.96. The van der Waals surface area contributed by atoms with Crippen molar-refractivity contribution in [3.8, 4) is 5.75 Å². The van der Waals surface area contributed by atoms with E-state index >= 15 is 0 Å². The third-order valence-electron chi connectivity index (χ3n) is 2.84. The summed E-state index contributed by atoms with van der Waals surface area (Å²) in [6, 6.07) is 13.8. The van der Waals surface area contributed by atoms with Gasteiger partial charge >= 0.3 is 5.97 Å². The number of benzene rings is 1. The first-order valence-corrected chi connectivity index (χ1v) is 5.75. The Morgan fingerprint density at radius 3 is 2.67 bits per heavy atom. The van der Waals surface area contributed by atoms with E-state index in [1.54, 1.807) is 6.07 Å². The molecule has 0 aliphatic carbocycles. The topological polar surface area (TPSA) is 30.4 Å². The monoisotopic (exact) mass is 238 g/mol. The minimum atomic E-state index is -0.309. The minimum absolute atomic E-state index is 0.309. The Labute approximate surface area is 104 Å². The highest BCUT2D eigenvalue weighted by atomic mass is 16.5. The first-order valence-electron chi connectivity index (χ1n) is 5.75. The van der Waals surface area contributed by atoms with E-state index in [1.165, 1.54) is 6.92 Å².